The fraction of sp³-hybridized carbons (Fsp3) is 0.562. The van der Waals surface area contributed by atoms with Gasteiger partial charge in [0.1, 0.15) is 0 Å². The van der Waals surface area contributed by atoms with Gasteiger partial charge in [0.05, 0.1) is 24.0 Å². The fourth-order valence-electron chi connectivity index (χ4n) is 2.83. The summed E-state index contributed by atoms with van der Waals surface area (Å²) in [4.78, 5) is 11.8. The normalized spacial score (nSPS) is 22.3. The molecule has 3 N–H and O–H groups in total. The number of methoxy groups -OCH3 is 1. The molecule has 0 aromatic heterocycles. The topological polar surface area (TPSA) is 64.3 Å². The summed E-state index contributed by atoms with van der Waals surface area (Å²) in [6, 6.07) is 5.32. The van der Waals surface area contributed by atoms with Crippen LogP contribution >= 0.6 is 0 Å². The second-order valence-corrected chi connectivity index (χ2v) is 5.77. The van der Waals surface area contributed by atoms with Gasteiger partial charge in [0.25, 0.3) is 0 Å². The third kappa shape index (κ3) is 3.44. The zero-order valence-corrected chi connectivity index (χ0v) is 12.3. The van der Waals surface area contributed by atoms with E-state index in [4.69, 9.17) is 10.5 Å². The second kappa shape index (κ2) is 6.64. The Kier molecular flexibility index (Phi) is 4.88. The second-order valence-electron chi connectivity index (χ2n) is 5.77. The predicted octanol–water partition coefficient (Wildman–Crippen LogP) is 3.29. The third-order valence-corrected chi connectivity index (χ3v) is 4.20. The van der Waals surface area contributed by atoms with Gasteiger partial charge in [0.2, 0.25) is 0 Å². The van der Waals surface area contributed by atoms with Crippen molar-refractivity contribution in [1.82, 2.24) is 0 Å². The van der Waals surface area contributed by atoms with Crippen LogP contribution in [-0.4, -0.2) is 19.6 Å². The zero-order valence-electron chi connectivity index (χ0n) is 12.3. The van der Waals surface area contributed by atoms with Gasteiger partial charge in [-0.1, -0.05) is 25.8 Å². The SMILES string of the molecule is COC(=O)c1cccc(N)c1NCC1CCC(C)CC1. The first kappa shape index (κ1) is 14.7. The van der Waals surface area contributed by atoms with Gasteiger partial charge < -0.3 is 15.8 Å². The van der Waals surface area contributed by atoms with Crippen LogP contribution in [0.2, 0.25) is 0 Å². The molecule has 1 aliphatic rings. The van der Waals surface area contributed by atoms with Crippen LogP contribution in [0.5, 0.6) is 0 Å². The minimum absolute atomic E-state index is 0.350. The van der Waals surface area contributed by atoms with Crippen molar-refractivity contribution >= 4 is 17.3 Å². The lowest BCUT2D eigenvalue weighted by atomic mass is 9.83. The molecule has 2 rings (SSSR count). The van der Waals surface area contributed by atoms with E-state index in [1.807, 2.05) is 0 Å². The molecule has 4 heteroatoms. The summed E-state index contributed by atoms with van der Waals surface area (Å²) in [7, 11) is 1.39. The molecule has 1 aromatic rings. The van der Waals surface area contributed by atoms with Crippen molar-refractivity contribution in [3.63, 3.8) is 0 Å². The molecule has 0 amide bonds. The van der Waals surface area contributed by atoms with E-state index in [2.05, 4.69) is 12.2 Å². The average Bonchev–Trinajstić information content (AvgIpc) is 2.46. The lowest BCUT2D eigenvalue weighted by Gasteiger charge is -2.27. The first-order valence-electron chi connectivity index (χ1n) is 7.32. The quantitative estimate of drug-likeness (QED) is 0.654. The molecule has 0 aliphatic heterocycles. The highest BCUT2D eigenvalue weighted by atomic mass is 16.5. The van der Waals surface area contributed by atoms with E-state index in [-0.39, 0.29) is 5.97 Å². The Balaban J connectivity index is 2.03. The Morgan fingerprint density at radius 2 is 2.05 bits per heavy atom. The van der Waals surface area contributed by atoms with E-state index in [0.717, 1.165) is 12.5 Å². The van der Waals surface area contributed by atoms with Crippen LogP contribution in [-0.2, 0) is 4.74 Å². The van der Waals surface area contributed by atoms with Gasteiger partial charge in [0, 0.05) is 6.54 Å². The zero-order chi connectivity index (χ0) is 14.5. The first-order valence-corrected chi connectivity index (χ1v) is 7.32. The van der Waals surface area contributed by atoms with E-state index in [0.29, 0.717) is 22.9 Å². The number of hydrogen-bond donors (Lipinski definition) is 2. The molecule has 110 valence electrons. The standard InChI is InChI=1S/C16H24N2O2/c1-11-6-8-12(9-7-11)10-18-15-13(16(19)20-2)4-3-5-14(15)17/h3-5,11-12,18H,6-10,17H2,1-2H3. The number of carbonyl (C=O) groups excluding carboxylic acids is 1. The monoisotopic (exact) mass is 276 g/mol. The van der Waals surface area contributed by atoms with Crippen LogP contribution in [0.3, 0.4) is 0 Å². The molecule has 0 spiro atoms. The van der Waals surface area contributed by atoms with E-state index in [9.17, 15) is 4.79 Å². The summed E-state index contributed by atoms with van der Waals surface area (Å²) in [6.07, 6.45) is 5.07. The summed E-state index contributed by atoms with van der Waals surface area (Å²) in [5.41, 5.74) is 7.79. The lowest BCUT2D eigenvalue weighted by Crippen LogP contribution is -2.21. The van der Waals surface area contributed by atoms with Crippen LogP contribution in [0, 0.1) is 11.8 Å². The van der Waals surface area contributed by atoms with Crippen molar-refractivity contribution in [2.45, 2.75) is 32.6 Å². The molecule has 0 atom stereocenters. The van der Waals surface area contributed by atoms with E-state index in [1.165, 1.54) is 32.8 Å². The summed E-state index contributed by atoms with van der Waals surface area (Å²) >= 11 is 0. The Hall–Kier alpha value is -1.71. The van der Waals surface area contributed by atoms with Crippen LogP contribution in [0.25, 0.3) is 0 Å². The molecule has 4 nitrogen and oxygen atoms in total. The largest absolute Gasteiger partial charge is 0.465 e. The molecule has 1 aromatic carbocycles. The Morgan fingerprint density at radius 1 is 1.35 bits per heavy atom. The molecule has 1 saturated carbocycles. The summed E-state index contributed by atoms with van der Waals surface area (Å²) in [5.74, 6) is 1.16. The number of hydrogen-bond acceptors (Lipinski definition) is 4. The number of nitrogens with one attached hydrogen (secondary N) is 1. The summed E-state index contributed by atoms with van der Waals surface area (Å²) < 4.78 is 4.80. The molecular formula is C16H24N2O2. The smallest absolute Gasteiger partial charge is 0.340 e. The van der Waals surface area contributed by atoms with Crippen LogP contribution in [0.4, 0.5) is 11.4 Å². The molecule has 0 heterocycles. The van der Waals surface area contributed by atoms with Gasteiger partial charge in [-0.25, -0.2) is 4.79 Å². The van der Waals surface area contributed by atoms with Crippen molar-refractivity contribution in [3.05, 3.63) is 23.8 Å². The third-order valence-electron chi connectivity index (χ3n) is 4.20. The number of nitrogens with two attached hydrogens (primary N) is 1. The molecular weight excluding hydrogens is 252 g/mol. The summed E-state index contributed by atoms with van der Waals surface area (Å²) in [6.45, 7) is 3.18. The molecule has 20 heavy (non-hydrogen) atoms. The van der Waals surface area contributed by atoms with E-state index < -0.39 is 0 Å². The molecule has 1 fully saturated rings. The maximum absolute atomic E-state index is 11.8. The van der Waals surface area contributed by atoms with Crippen LogP contribution in [0.1, 0.15) is 43.0 Å². The van der Waals surface area contributed by atoms with Gasteiger partial charge in [-0.2, -0.15) is 0 Å². The maximum Gasteiger partial charge on any atom is 0.340 e. The highest BCUT2D eigenvalue weighted by Crippen LogP contribution is 2.30. The van der Waals surface area contributed by atoms with Gasteiger partial charge in [-0.3, -0.25) is 0 Å². The number of rotatable bonds is 4. The highest BCUT2D eigenvalue weighted by molar-refractivity contribution is 5.98. The van der Waals surface area contributed by atoms with Crippen molar-refractivity contribution in [2.24, 2.45) is 11.8 Å². The minimum Gasteiger partial charge on any atom is -0.465 e. The highest BCUT2D eigenvalue weighted by Gasteiger charge is 2.20. The van der Waals surface area contributed by atoms with Crippen LogP contribution < -0.4 is 11.1 Å². The van der Waals surface area contributed by atoms with Gasteiger partial charge >= 0.3 is 5.97 Å². The number of para-hydroxylation sites is 1. The number of esters is 1. The average molecular weight is 276 g/mol. The molecule has 0 unspecified atom stereocenters. The Labute approximate surface area is 120 Å². The van der Waals surface area contributed by atoms with Crippen molar-refractivity contribution in [3.8, 4) is 0 Å². The maximum atomic E-state index is 11.8. The fourth-order valence-corrected chi connectivity index (χ4v) is 2.83. The van der Waals surface area contributed by atoms with Crippen molar-refractivity contribution in [2.75, 3.05) is 24.7 Å². The van der Waals surface area contributed by atoms with Crippen molar-refractivity contribution in [1.29, 1.82) is 0 Å². The number of carbonyl (C=O) groups is 1. The van der Waals surface area contributed by atoms with Crippen LogP contribution in [0.15, 0.2) is 18.2 Å². The Morgan fingerprint density at radius 3 is 2.70 bits per heavy atom. The van der Waals surface area contributed by atoms with E-state index >= 15 is 0 Å². The molecule has 0 saturated heterocycles. The number of ether oxygens (including phenoxy) is 1. The minimum atomic E-state index is -0.350. The van der Waals surface area contributed by atoms with Crippen molar-refractivity contribution < 1.29 is 9.53 Å². The lowest BCUT2D eigenvalue weighted by molar-refractivity contribution is 0.0602. The summed E-state index contributed by atoms with van der Waals surface area (Å²) in [5, 5.41) is 3.36. The first-order chi connectivity index (χ1) is 9.61. The molecule has 0 bridgehead atoms. The van der Waals surface area contributed by atoms with Gasteiger partial charge in [-0.15, -0.1) is 0 Å². The predicted molar refractivity (Wildman–Crippen MR) is 81.8 cm³/mol. The number of benzene rings is 1. The van der Waals surface area contributed by atoms with Gasteiger partial charge in [0.15, 0.2) is 0 Å². The number of anilines is 2. The van der Waals surface area contributed by atoms with Gasteiger partial charge in [-0.05, 0) is 36.8 Å². The Bertz CT molecular complexity index is 466. The van der Waals surface area contributed by atoms with E-state index in [1.54, 1.807) is 18.2 Å². The molecule has 0 radical (unpaired) electrons. The number of nitrogen functional groups attached to an aromatic ring is 1. The molecule has 1 aliphatic carbocycles.